The van der Waals surface area contributed by atoms with Crippen LogP contribution in [0.2, 0.25) is 0 Å². The van der Waals surface area contributed by atoms with Gasteiger partial charge in [0.15, 0.2) is 29.1 Å². The molecule has 0 unspecified atom stereocenters. The maximum Gasteiger partial charge on any atom is 0.309 e. The lowest BCUT2D eigenvalue weighted by molar-refractivity contribution is -0.169. The molecule has 1 aromatic heterocycles. The zero-order chi connectivity index (χ0) is 25.2. The van der Waals surface area contributed by atoms with Crippen LogP contribution in [0.15, 0.2) is 42.6 Å². The smallest absolute Gasteiger partial charge is 0.309 e. The van der Waals surface area contributed by atoms with Gasteiger partial charge in [-0.1, -0.05) is 25.1 Å². The Kier molecular flexibility index (Phi) is 9.86. The van der Waals surface area contributed by atoms with Crippen molar-refractivity contribution in [2.75, 3.05) is 26.9 Å². The van der Waals surface area contributed by atoms with Crippen LogP contribution in [0.3, 0.4) is 0 Å². The van der Waals surface area contributed by atoms with Crippen molar-refractivity contribution in [1.29, 1.82) is 0 Å². The summed E-state index contributed by atoms with van der Waals surface area (Å²) in [6.45, 7) is 4.73. The summed E-state index contributed by atoms with van der Waals surface area (Å²) in [6, 6.07) is 10.7. The van der Waals surface area contributed by atoms with Gasteiger partial charge in [0.1, 0.15) is 18.0 Å². The maximum absolute atomic E-state index is 13.1. The van der Waals surface area contributed by atoms with Crippen molar-refractivity contribution >= 4 is 11.8 Å². The van der Waals surface area contributed by atoms with E-state index in [-0.39, 0.29) is 43.2 Å². The van der Waals surface area contributed by atoms with E-state index in [2.05, 4.69) is 4.98 Å². The molecule has 0 radical (unpaired) electrons. The Labute approximate surface area is 205 Å². The molecule has 0 spiro atoms. The second-order valence-corrected chi connectivity index (χ2v) is 8.35. The molecule has 2 heterocycles. The number of ketones is 1. The number of nitrogens with zero attached hydrogens (tertiary/aromatic N) is 1. The first-order valence-electron chi connectivity index (χ1n) is 11.8. The second kappa shape index (κ2) is 13.1. The predicted octanol–water partition coefficient (Wildman–Crippen LogP) is 3.58. The Bertz CT molecular complexity index is 967. The van der Waals surface area contributed by atoms with Gasteiger partial charge in [0, 0.05) is 31.9 Å². The van der Waals surface area contributed by atoms with E-state index >= 15 is 0 Å². The normalized spacial score (nSPS) is 23.2. The van der Waals surface area contributed by atoms with E-state index in [0.717, 1.165) is 6.42 Å². The fourth-order valence-electron chi connectivity index (χ4n) is 3.84. The average molecular weight is 488 g/mol. The molecule has 0 aliphatic carbocycles. The molecule has 190 valence electrons. The number of esters is 1. The van der Waals surface area contributed by atoms with Crippen molar-refractivity contribution in [3.8, 4) is 17.2 Å². The molecule has 9 nitrogen and oxygen atoms in total. The molecule has 1 N–H and O–H groups in total. The number of aromatic nitrogens is 1. The second-order valence-electron chi connectivity index (χ2n) is 8.35. The largest absolute Gasteiger partial charge is 0.503 e. The summed E-state index contributed by atoms with van der Waals surface area (Å²) < 4.78 is 28.9. The Morgan fingerprint density at radius 2 is 2.00 bits per heavy atom. The molecule has 1 aromatic carbocycles. The summed E-state index contributed by atoms with van der Waals surface area (Å²) in [5, 5.41) is 10.3. The number of aromatic hydroxyl groups is 1. The Balaban J connectivity index is 1.77. The Hall–Kier alpha value is -3.17. The molecule has 1 aliphatic heterocycles. The number of hydrogen-bond donors (Lipinski definition) is 1. The highest BCUT2D eigenvalue weighted by Crippen LogP contribution is 2.30. The zero-order valence-electron chi connectivity index (χ0n) is 20.3. The lowest BCUT2D eigenvalue weighted by atomic mass is 9.96. The number of rotatable bonds is 9. The monoisotopic (exact) mass is 487 g/mol. The first-order valence-corrected chi connectivity index (χ1v) is 11.8. The van der Waals surface area contributed by atoms with Crippen LogP contribution in [0, 0.1) is 5.92 Å². The number of carbonyl (C=O) groups is 2. The number of ether oxygens (including phenoxy) is 5. The van der Waals surface area contributed by atoms with Gasteiger partial charge in [0.2, 0.25) is 0 Å². The minimum atomic E-state index is -0.775. The highest BCUT2D eigenvalue weighted by Gasteiger charge is 2.36. The SMILES string of the molecule is CCCO[C@H]1COCC[C@H](CC(=O)c2nccc(OC)c2O)C(=O)O[C@@H](C)[C@@H]1Oc1ccccc1. The van der Waals surface area contributed by atoms with Crippen LogP contribution in [0.25, 0.3) is 0 Å². The molecule has 1 aliphatic rings. The van der Waals surface area contributed by atoms with Gasteiger partial charge in [0.25, 0.3) is 0 Å². The standard InChI is InChI=1S/C26H33NO8/c1-4-13-33-22-16-32-14-11-18(15-20(28)23-24(29)21(31-3)10-12-27-23)26(30)34-17(2)25(22)35-19-8-6-5-7-9-19/h5-10,12,17-18,22,25,29H,4,11,13-16H2,1-3H3/t17-,18+,22-,25-/m0/s1. The summed E-state index contributed by atoms with van der Waals surface area (Å²) >= 11 is 0. The molecular weight excluding hydrogens is 454 g/mol. The third-order valence-corrected chi connectivity index (χ3v) is 5.71. The number of methoxy groups -OCH3 is 1. The fourth-order valence-corrected chi connectivity index (χ4v) is 3.84. The van der Waals surface area contributed by atoms with Crippen LogP contribution in [-0.4, -0.2) is 67.1 Å². The van der Waals surface area contributed by atoms with Crippen molar-refractivity contribution in [3.05, 3.63) is 48.3 Å². The fraction of sp³-hybridized carbons (Fsp3) is 0.500. The van der Waals surface area contributed by atoms with Crippen LogP contribution in [0.1, 0.15) is 43.6 Å². The lowest BCUT2D eigenvalue weighted by Gasteiger charge is -2.33. The van der Waals surface area contributed by atoms with Crippen molar-refractivity contribution < 1.29 is 38.4 Å². The van der Waals surface area contributed by atoms with E-state index in [9.17, 15) is 14.7 Å². The lowest BCUT2D eigenvalue weighted by Crippen LogP contribution is -2.48. The Morgan fingerprint density at radius 3 is 2.71 bits per heavy atom. The molecule has 0 bridgehead atoms. The van der Waals surface area contributed by atoms with Gasteiger partial charge in [-0.25, -0.2) is 4.98 Å². The summed E-state index contributed by atoms with van der Waals surface area (Å²) in [5.74, 6) is -1.42. The van der Waals surface area contributed by atoms with Crippen LogP contribution >= 0.6 is 0 Å². The van der Waals surface area contributed by atoms with Gasteiger partial charge in [-0.3, -0.25) is 9.59 Å². The average Bonchev–Trinajstić information content (AvgIpc) is 2.86. The van der Waals surface area contributed by atoms with E-state index in [4.69, 9.17) is 23.7 Å². The third-order valence-electron chi connectivity index (χ3n) is 5.71. The molecule has 1 saturated heterocycles. The van der Waals surface area contributed by atoms with Crippen LogP contribution in [0.5, 0.6) is 17.2 Å². The van der Waals surface area contributed by atoms with Gasteiger partial charge in [-0.15, -0.1) is 0 Å². The summed E-state index contributed by atoms with van der Waals surface area (Å²) in [6.07, 6.45) is 0.519. The first-order chi connectivity index (χ1) is 16.9. The number of Topliss-reactive ketones (excluding diaryl/α,β-unsaturated/α-hetero) is 1. The molecule has 0 amide bonds. The highest BCUT2D eigenvalue weighted by molar-refractivity contribution is 5.99. The molecule has 1 fully saturated rings. The number of benzene rings is 1. The minimum absolute atomic E-state index is 0.132. The number of carbonyl (C=O) groups excluding carboxylic acids is 2. The quantitative estimate of drug-likeness (QED) is 0.419. The van der Waals surface area contributed by atoms with Gasteiger partial charge in [0.05, 0.1) is 19.6 Å². The van der Waals surface area contributed by atoms with Crippen molar-refractivity contribution in [1.82, 2.24) is 4.98 Å². The summed E-state index contributed by atoms with van der Waals surface area (Å²) in [4.78, 5) is 30.0. The predicted molar refractivity (Wildman–Crippen MR) is 127 cm³/mol. The molecule has 9 heteroatoms. The van der Waals surface area contributed by atoms with Crippen LogP contribution in [0.4, 0.5) is 0 Å². The van der Waals surface area contributed by atoms with Crippen molar-refractivity contribution in [2.24, 2.45) is 5.92 Å². The van der Waals surface area contributed by atoms with Crippen molar-refractivity contribution in [2.45, 2.75) is 51.4 Å². The molecule has 0 saturated carbocycles. The van der Waals surface area contributed by atoms with E-state index in [1.807, 2.05) is 37.3 Å². The molecule has 4 atom stereocenters. The number of pyridine rings is 1. The first kappa shape index (κ1) is 26.4. The highest BCUT2D eigenvalue weighted by atomic mass is 16.6. The van der Waals surface area contributed by atoms with Gasteiger partial charge >= 0.3 is 5.97 Å². The summed E-state index contributed by atoms with van der Waals surface area (Å²) in [5.41, 5.74) is -0.151. The number of para-hydroxylation sites is 1. The van der Waals surface area contributed by atoms with E-state index < -0.39 is 36.0 Å². The number of hydrogen-bond acceptors (Lipinski definition) is 9. The van der Waals surface area contributed by atoms with E-state index in [1.165, 1.54) is 19.4 Å². The van der Waals surface area contributed by atoms with Crippen LogP contribution in [-0.2, 0) is 19.0 Å². The van der Waals surface area contributed by atoms with Crippen LogP contribution < -0.4 is 9.47 Å². The van der Waals surface area contributed by atoms with Gasteiger partial charge in [-0.2, -0.15) is 0 Å². The maximum atomic E-state index is 13.1. The number of cyclic esters (lactones) is 1. The van der Waals surface area contributed by atoms with E-state index in [1.54, 1.807) is 6.92 Å². The Morgan fingerprint density at radius 1 is 1.23 bits per heavy atom. The minimum Gasteiger partial charge on any atom is -0.503 e. The molecule has 3 rings (SSSR count). The third kappa shape index (κ3) is 7.16. The van der Waals surface area contributed by atoms with Gasteiger partial charge < -0.3 is 28.8 Å². The van der Waals surface area contributed by atoms with E-state index in [0.29, 0.717) is 12.4 Å². The molecule has 2 aromatic rings. The van der Waals surface area contributed by atoms with Gasteiger partial charge in [-0.05, 0) is 31.9 Å². The molecular formula is C26H33NO8. The zero-order valence-corrected chi connectivity index (χ0v) is 20.3. The molecule has 35 heavy (non-hydrogen) atoms. The summed E-state index contributed by atoms with van der Waals surface area (Å²) in [7, 11) is 1.38. The topological polar surface area (TPSA) is 113 Å². The van der Waals surface area contributed by atoms with Crippen molar-refractivity contribution in [3.63, 3.8) is 0 Å².